The Morgan fingerprint density at radius 2 is 1.86 bits per heavy atom. The lowest BCUT2D eigenvalue weighted by molar-refractivity contribution is -0.113. The number of benzene rings is 1. The Morgan fingerprint density at radius 3 is 2.36 bits per heavy atom. The minimum Gasteiger partial charge on any atom is -0.325 e. The number of nitrogens with one attached hydrogen (secondary N) is 2. The Labute approximate surface area is 169 Å². The number of anilines is 1. The third-order valence-electron chi connectivity index (χ3n) is 4.40. The predicted octanol–water partition coefficient (Wildman–Crippen LogP) is 4.18. The zero-order valence-corrected chi connectivity index (χ0v) is 17.7. The van der Waals surface area contributed by atoms with Crippen molar-refractivity contribution >= 4 is 23.4 Å². The number of rotatable bonds is 7. The summed E-state index contributed by atoms with van der Waals surface area (Å²) in [6.45, 7) is 10.2. The number of carbonyl (C=O) groups is 1. The number of thioether (sulfide) groups is 1. The molecule has 0 aliphatic rings. The van der Waals surface area contributed by atoms with Gasteiger partial charge in [-0.2, -0.15) is 5.26 Å². The molecule has 2 N–H and O–H groups in total. The summed E-state index contributed by atoms with van der Waals surface area (Å²) in [5, 5.41) is 12.5. The maximum atomic E-state index is 12.6. The molecule has 148 valence electrons. The summed E-state index contributed by atoms with van der Waals surface area (Å²) < 4.78 is 0. The summed E-state index contributed by atoms with van der Waals surface area (Å²) in [5.41, 5.74) is 3.08. The first kappa shape index (κ1) is 21.7. The third-order valence-corrected chi connectivity index (χ3v) is 5.27. The summed E-state index contributed by atoms with van der Waals surface area (Å²) in [5.74, 6) is 0.516. The van der Waals surface area contributed by atoms with Gasteiger partial charge in [-0.25, -0.2) is 4.98 Å². The van der Waals surface area contributed by atoms with Gasteiger partial charge in [0.05, 0.1) is 11.4 Å². The van der Waals surface area contributed by atoms with Crippen LogP contribution in [0.15, 0.2) is 28.2 Å². The van der Waals surface area contributed by atoms with Crippen molar-refractivity contribution in [2.24, 2.45) is 0 Å². The van der Waals surface area contributed by atoms with E-state index in [-0.39, 0.29) is 29.1 Å². The van der Waals surface area contributed by atoms with Crippen molar-refractivity contribution in [2.45, 2.75) is 58.0 Å². The highest BCUT2D eigenvalue weighted by molar-refractivity contribution is 7.99. The van der Waals surface area contributed by atoms with Crippen LogP contribution in [0.5, 0.6) is 0 Å². The van der Waals surface area contributed by atoms with Crippen LogP contribution in [-0.4, -0.2) is 21.6 Å². The summed E-state index contributed by atoms with van der Waals surface area (Å²) in [6.07, 6.45) is 0.478. The van der Waals surface area contributed by atoms with Crippen LogP contribution in [0, 0.1) is 11.3 Å². The standard InChI is InChI=1S/C21H26N4O2S/c1-6-17-16(10-22)20(27)25-21(23-17)28-11-18(26)24-19-14(12(2)3)8-7-9-15(19)13(4)5/h7-9,12-13H,6,11H2,1-5H3,(H,24,26)(H,23,25,27). The van der Waals surface area contributed by atoms with E-state index < -0.39 is 5.56 Å². The van der Waals surface area contributed by atoms with E-state index >= 15 is 0 Å². The van der Waals surface area contributed by atoms with E-state index in [1.54, 1.807) is 0 Å². The lowest BCUT2D eigenvalue weighted by atomic mass is 9.92. The molecule has 1 amide bonds. The molecule has 1 aromatic carbocycles. The molecule has 2 aromatic rings. The number of amides is 1. The molecule has 0 atom stereocenters. The average molecular weight is 399 g/mol. The van der Waals surface area contributed by atoms with Gasteiger partial charge in [-0.3, -0.25) is 9.59 Å². The van der Waals surface area contributed by atoms with E-state index in [0.717, 1.165) is 28.6 Å². The van der Waals surface area contributed by atoms with Crippen molar-refractivity contribution in [2.75, 3.05) is 11.1 Å². The first-order valence-electron chi connectivity index (χ1n) is 9.37. The monoisotopic (exact) mass is 398 g/mol. The van der Waals surface area contributed by atoms with Crippen molar-refractivity contribution in [1.82, 2.24) is 9.97 Å². The number of nitrogens with zero attached hydrogens (tertiary/aromatic N) is 2. The highest BCUT2D eigenvalue weighted by Crippen LogP contribution is 2.32. The highest BCUT2D eigenvalue weighted by Gasteiger charge is 2.17. The molecule has 28 heavy (non-hydrogen) atoms. The van der Waals surface area contributed by atoms with Crippen molar-refractivity contribution in [3.63, 3.8) is 0 Å². The minimum atomic E-state index is -0.468. The first-order valence-corrected chi connectivity index (χ1v) is 10.4. The normalized spacial score (nSPS) is 10.9. The van der Waals surface area contributed by atoms with Crippen LogP contribution >= 0.6 is 11.8 Å². The van der Waals surface area contributed by atoms with Crippen molar-refractivity contribution in [3.05, 3.63) is 50.9 Å². The third kappa shape index (κ3) is 5.02. The SMILES string of the molecule is CCc1nc(SCC(=O)Nc2c(C(C)C)cccc2C(C)C)[nH]c(=O)c1C#N. The largest absolute Gasteiger partial charge is 0.325 e. The van der Waals surface area contributed by atoms with Gasteiger partial charge in [0.1, 0.15) is 11.6 Å². The topological polar surface area (TPSA) is 98.6 Å². The number of hydrogen-bond acceptors (Lipinski definition) is 5. The van der Waals surface area contributed by atoms with E-state index in [9.17, 15) is 9.59 Å². The molecule has 0 aliphatic carbocycles. The van der Waals surface area contributed by atoms with Gasteiger partial charge < -0.3 is 10.3 Å². The molecule has 6 nitrogen and oxygen atoms in total. The first-order chi connectivity index (χ1) is 13.3. The Morgan fingerprint density at radius 1 is 1.25 bits per heavy atom. The van der Waals surface area contributed by atoms with Gasteiger partial charge in [0.25, 0.3) is 5.56 Å². The van der Waals surface area contributed by atoms with Crippen LogP contribution in [0.1, 0.15) is 68.8 Å². The van der Waals surface area contributed by atoms with Gasteiger partial charge in [-0.15, -0.1) is 0 Å². The van der Waals surface area contributed by atoms with Crippen molar-refractivity contribution in [3.8, 4) is 6.07 Å². The minimum absolute atomic E-state index is 0.0312. The van der Waals surface area contributed by atoms with Gasteiger partial charge in [0.2, 0.25) is 5.91 Å². The maximum Gasteiger partial charge on any atom is 0.269 e. The highest BCUT2D eigenvalue weighted by atomic mass is 32.2. The Bertz CT molecular complexity index is 932. The maximum absolute atomic E-state index is 12.6. The number of carbonyl (C=O) groups excluding carboxylic acids is 1. The smallest absolute Gasteiger partial charge is 0.269 e. The molecule has 0 fully saturated rings. The Balaban J connectivity index is 2.19. The van der Waals surface area contributed by atoms with Crippen LogP contribution in [0.3, 0.4) is 0 Å². The van der Waals surface area contributed by atoms with E-state index in [1.807, 2.05) is 31.2 Å². The van der Waals surface area contributed by atoms with Crippen molar-refractivity contribution in [1.29, 1.82) is 5.26 Å². The van der Waals surface area contributed by atoms with Gasteiger partial charge in [0, 0.05) is 5.69 Å². The van der Waals surface area contributed by atoms with E-state index in [2.05, 4.69) is 43.0 Å². The summed E-state index contributed by atoms with van der Waals surface area (Å²) in [6, 6.07) is 7.97. The Hall–Kier alpha value is -2.59. The van der Waals surface area contributed by atoms with Crippen LogP contribution < -0.4 is 10.9 Å². The number of aryl methyl sites for hydroxylation is 1. The second-order valence-corrected chi connectivity index (χ2v) is 8.08. The fraction of sp³-hybridized carbons (Fsp3) is 0.429. The molecular formula is C21H26N4O2S. The molecule has 1 heterocycles. The van der Waals surface area contributed by atoms with Crippen molar-refractivity contribution < 1.29 is 4.79 Å². The van der Waals surface area contributed by atoms with Gasteiger partial charge >= 0.3 is 0 Å². The molecule has 0 saturated heterocycles. The summed E-state index contributed by atoms with van der Waals surface area (Å²) in [4.78, 5) is 31.5. The van der Waals surface area contributed by atoms with Crippen LogP contribution in [0.4, 0.5) is 5.69 Å². The van der Waals surface area contributed by atoms with Gasteiger partial charge in [0.15, 0.2) is 5.16 Å². The number of H-pyrrole nitrogens is 1. The molecule has 0 aliphatic heterocycles. The summed E-state index contributed by atoms with van der Waals surface area (Å²) in [7, 11) is 0. The Kier molecular flexibility index (Phi) is 7.41. The zero-order chi connectivity index (χ0) is 20.8. The molecule has 7 heteroatoms. The second-order valence-electron chi connectivity index (χ2n) is 7.12. The lowest BCUT2D eigenvalue weighted by Gasteiger charge is -2.20. The number of nitriles is 1. The number of hydrogen-bond donors (Lipinski definition) is 2. The number of para-hydroxylation sites is 1. The number of aromatic nitrogens is 2. The molecular weight excluding hydrogens is 372 g/mol. The molecule has 1 aromatic heterocycles. The van der Waals surface area contributed by atoms with Crippen LogP contribution in [0.25, 0.3) is 0 Å². The molecule has 0 spiro atoms. The molecule has 0 bridgehead atoms. The molecule has 0 radical (unpaired) electrons. The quantitative estimate of drug-likeness (QED) is 0.538. The van der Waals surface area contributed by atoms with Gasteiger partial charge in [-0.1, -0.05) is 64.6 Å². The van der Waals surface area contributed by atoms with E-state index in [0.29, 0.717) is 17.3 Å². The van der Waals surface area contributed by atoms with Crippen LogP contribution in [0.2, 0.25) is 0 Å². The zero-order valence-electron chi connectivity index (χ0n) is 16.9. The van der Waals surface area contributed by atoms with Crippen LogP contribution in [-0.2, 0) is 11.2 Å². The summed E-state index contributed by atoms with van der Waals surface area (Å²) >= 11 is 1.15. The van der Waals surface area contributed by atoms with E-state index in [4.69, 9.17) is 5.26 Å². The van der Waals surface area contributed by atoms with E-state index in [1.165, 1.54) is 0 Å². The lowest BCUT2D eigenvalue weighted by Crippen LogP contribution is -2.19. The molecule has 0 unspecified atom stereocenters. The second kappa shape index (κ2) is 9.56. The average Bonchev–Trinajstić information content (AvgIpc) is 2.65. The fourth-order valence-electron chi connectivity index (χ4n) is 2.94. The molecule has 0 saturated carbocycles. The van der Waals surface area contributed by atoms with Gasteiger partial charge in [-0.05, 0) is 29.4 Å². The predicted molar refractivity (Wildman–Crippen MR) is 113 cm³/mol. The number of aromatic amines is 1. The fourth-order valence-corrected chi connectivity index (χ4v) is 3.62. The molecule has 2 rings (SSSR count).